The van der Waals surface area contributed by atoms with Crippen molar-refractivity contribution in [1.29, 1.82) is 0 Å². The number of carbonyl (C=O) groups excluding carboxylic acids is 1. The van der Waals surface area contributed by atoms with Gasteiger partial charge in [0.15, 0.2) is 6.10 Å². The first-order valence-corrected chi connectivity index (χ1v) is 9.68. The number of benzene rings is 2. The van der Waals surface area contributed by atoms with Crippen LogP contribution in [0.4, 0.5) is 13.2 Å². The highest BCUT2D eigenvalue weighted by Gasteiger charge is 2.38. The number of aromatic nitrogens is 3. The Morgan fingerprint density at radius 2 is 2.03 bits per heavy atom. The highest BCUT2D eigenvalue weighted by Crippen LogP contribution is 2.32. The summed E-state index contributed by atoms with van der Waals surface area (Å²) in [5, 5.41) is 4.87. The second-order valence-electron chi connectivity index (χ2n) is 7.35. The summed E-state index contributed by atoms with van der Waals surface area (Å²) in [7, 11) is 0. The van der Waals surface area contributed by atoms with E-state index in [0.717, 1.165) is 17.8 Å². The molecule has 1 amide bonds. The molecule has 2 aromatic carbocycles. The number of rotatable bonds is 6. The van der Waals surface area contributed by atoms with Gasteiger partial charge >= 0.3 is 6.18 Å². The van der Waals surface area contributed by atoms with E-state index in [1.54, 1.807) is 29.8 Å². The molecular weight excluding hydrogens is 425 g/mol. The van der Waals surface area contributed by atoms with E-state index in [9.17, 15) is 18.0 Å². The first-order valence-electron chi connectivity index (χ1n) is 9.68. The zero-order chi connectivity index (χ0) is 23.0. The molecule has 0 aliphatic rings. The van der Waals surface area contributed by atoms with Crippen molar-refractivity contribution < 1.29 is 27.2 Å². The lowest BCUT2D eigenvalue weighted by atomic mass is 10.1. The van der Waals surface area contributed by atoms with Crippen molar-refractivity contribution in [3.63, 3.8) is 0 Å². The maximum atomic E-state index is 12.8. The molecule has 0 fully saturated rings. The fraction of sp³-hybridized carbons (Fsp3) is 0.227. The van der Waals surface area contributed by atoms with Crippen molar-refractivity contribution in [3.8, 4) is 28.6 Å². The molecular formula is C22H19F3N4O3. The SMILES string of the molecule is Cc1cc(-c2nc(-c3cccc4c3ccn4CC(N)=O)no2)ccc1O[C@H](C)C(F)(F)F. The van der Waals surface area contributed by atoms with E-state index >= 15 is 0 Å². The van der Waals surface area contributed by atoms with Crippen LogP contribution in [0.15, 0.2) is 53.2 Å². The zero-order valence-corrected chi connectivity index (χ0v) is 17.2. The van der Waals surface area contributed by atoms with Gasteiger partial charge in [0.05, 0.1) is 0 Å². The number of nitrogens with zero attached hydrogens (tertiary/aromatic N) is 3. The lowest BCUT2D eigenvalue weighted by Crippen LogP contribution is -2.31. The standard InChI is InChI=1S/C22H19F3N4O3/c1-12-10-14(6-7-18(12)31-13(2)22(23,24)25)21-27-20(28-32-21)16-4-3-5-17-15(16)8-9-29(17)11-19(26)30/h3-10,13H,11H2,1-2H3,(H2,26,30)/t13-/m1/s1. The van der Waals surface area contributed by atoms with Crippen molar-refractivity contribution in [3.05, 3.63) is 54.2 Å². The van der Waals surface area contributed by atoms with Gasteiger partial charge in [-0.05, 0) is 49.7 Å². The van der Waals surface area contributed by atoms with E-state index < -0.39 is 18.2 Å². The molecule has 1 atom stereocenters. The minimum Gasteiger partial charge on any atom is -0.481 e. The van der Waals surface area contributed by atoms with Crippen LogP contribution < -0.4 is 10.5 Å². The summed E-state index contributed by atoms with van der Waals surface area (Å²) in [6.07, 6.45) is -4.63. The molecule has 166 valence electrons. The molecule has 2 aromatic heterocycles. The maximum absolute atomic E-state index is 12.8. The Bertz CT molecular complexity index is 1290. The van der Waals surface area contributed by atoms with Gasteiger partial charge in [-0.25, -0.2) is 0 Å². The van der Waals surface area contributed by atoms with Crippen LogP contribution >= 0.6 is 0 Å². The molecule has 0 saturated carbocycles. The lowest BCUT2D eigenvalue weighted by molar-refractivity contribution is -0.189. The molecule has 2 N–H and O–H groups in total. The van der Waals surface area contributed by atoms with Crippen LogP contribution in [0.3, 0.4) is 0 Å². The zero-order valence-electron chi connectivity index (χ0n) is 17.2. The number of halogens is 3. The van der Waals surface area contributed by atoms with E-state index in [2.05, 4.69) is 10.1 Å². The summed E-state index contributed by atoms with van der Waals surface area (Å²) in [4.78, 5) is 15.7. The minimum atomic E-state index is -4.45. The summed E-state index contributed by atoms with van der Waals surface area (Å²) >= 11 is 0. The molecule has 4 aromatic rings. The van der Waals surface area contributed by atoms with E-state index in [1.807, 2.05) is 24.3 Å². The quantitative estimate of drug-likeness (QED) is 0.473. The fourth-order valence-electron chi connectivity index (χ4n) is 3.35. The second kappa shape index (κ2) is 8.03. The fourth-order valence-corrected chi connectivity index (χ4v) is 3.35. The van der Waals surface area contributed by atoms with Gasteiger partial charge < -0.3 is 19.6 Å². The number of aryl methyl sites for hydroxylation is 1. The van der Waals surface area contributed by atoms with Crippen molar-refractivity contribution >= 4 is 16.8 Å². The van der Waals surface area contributed by atoms with Gasteiger partial charge in [-0.15, -0.1) is 0 Å². The lowest BCUT2D eigenvalue weighted by Gasteiger charge is -2.19. The number of primary amides is 1. The van der Waals surface area contributed by atoms with Gasteiger partial charge in [0, 0.05) is 28.2 Å². The van der Waals surface area contributed by atoms with Crippen LogP contribution in [0.5, 0.6) is 5.75 Å². The number of fused-ring (bicyclic) bond motifs is 1. The second-order valence-corrected chi connectivity index (χ2v) is 7.35. The van der Waals surface area contributed by atoms with Gasteiger partial charge in [-0.3, -0.25) is 4.79 Å². The third kappa shape index (κ3) is 4.16. The van der Waals surface area contributed by atoms with Crippen molar-refractivity contribution in [2.45, 2.75) is 32.7 Å². The summed E-state index contributed by atoms with van der Waals surface area (Å²) in [5.74, 6) is 0.222. The van der Waals surface area contributed by atoms with Gasteiger partial charge in [-0.2, -0.15) is 18.2 Å². The number of hydrogen-bond acceptors (Lipinski definition) is 5. The monoisotopic (exact) mass is 444 g/mol. The Kier molecular flexibility index (Phi) is 5.37. The van der Waals surface area contributed by atoms with E-state index in [1.165, 1.54) is 6.07 Å². The van der Waals surface area contributed by atoms with Crippen molar-refractivity contribution in [2.24, 2.45) is 5.73 Å². The van der Waals surface area contributed by atoms with Gasteiger partial charge in [0.25, 0.3) is 5.89 Å². The normalized spacial score (nSPS) is 12.8. The van der Waals surface area contributed by atoms with Gasteiger partial charge in [-0.1, -0.05) is 17.3 Å². The largest absolute Gasteiger partial charge is 0.481 e. The summed E-state index contributed by atoms with van der Waals surface area (Å²) in [5.41, 5.74) is 7.85. The Hall–Kier alpha value is -3.82. The van der Waals surface area contributed by atoms with Crippen LogP contribution in [0, 0.1) is 6.92 Å². The number of alkyl halides is 3. The van der Waals surface area contributed by atoms with Gasteiger partial charge in [0.1, 0.15) is 12.3 Å². The Balaban J connectivity index is 1.63. The molecule has 0 aliphatic heterocycles. The predicted octanol–water partition coefficient (Wildman–Crippen LogP) is 4.48. The molecule has 0 radical (unpaired) electrons. The highest BCUT2D eigenvalue weighted by atomic mass is 19.4. The van der Waals surface area contributed by atoms with E-state index in [-0.39, 0.29) is 18.2 Å². The minimum absolute atomic E-state index is 0.0467. The number of hydrogen-bond donors (Lipinski definition) is 1. The number of nitrogens with two attached hydrogens (primary N) is 1. The summed E-state index contributed by atoms with van der Waals surface area (Å²) in [6.45, 7) is 2.64. The van der Waals surface area contributed by atoms with Crippen LogP contribution in [-0.4, -0.2) is 32.9 Å². The molecule has 0 spiro atoms. The molecule has 0 saturated heterocycles. The summed E-state index contributed by atoms with van der Waals surface area (Å²) in [6, 6.07) is 12.0. The van der Waals surface area contributed by atoms with Crippen LogP contribution in [0.25, 0.3) is 33.7 Å². The number of amides is 1. The smallest absolute Gasteiger partial charge is 0.425 e. The van der Waals surface area contributed by atoms with Crippen LogP contribution in [-0.2, 0) is 11.3 Å². The molecule has 32 heavy (non-hydrogen) atoms. The topological polar surface area (TPSA) is 96.2 Å². The molecule has 10 heteroatoms. The van der Waals surface area contributed by atoms with Crippen molar-refractivity contribution in [2.75, 3.05) is 0 Å². The van der Waals surface area contributed by atoms with E-state index in [0.29, 0.717) is 22.5 Å². The molecule has 2 heterocycles. The van der Waals surface area contributed by atoms with Crippen molar-refractivity contribution in [1.82, 2.24) is 14.7 Å². The number of carbonyl (C=O) groups is 1. The first kappa shape index (κ1) is 21.4. The Labute approximate surface area is 180 Å². The third-order valence-corrected chi connectivity index (χ3v) is 4.99. The van der Waals surface area contributed by atoms with Crippen LogP contribution in [0.1, 0.15) is 12.5 Å². The molecule has 0 aliphatic carbocycles. The Morgan fingerprint density at radius 3 is 2.72 bits per heavy atom. The highest BCUT2D eigenvalue weighted by molar-refractivity contribution is 5.94. The third-order valence-electron chi connectivity index (χ3n) is 4.99. The first-order chi connectivity index (χ1) is 15.1. The Morgan fingerprint density at radius 1 is 1.25 bits per heavy atom. The molecule has 0 bridgehead atoms. The average molecular weight is 444 g/mol. The average Bonchev–Trinajstić information content (AvgIpc) is 3.36. The van der Waals surface area contributed by atoms with Crippen LogP contribution in [0.2, 0.25) is 0 Å². The number of ether oxygens (including phenoxy) is 1. The predicted molar refractivity (Wildman–Crippen MR) is 111 cm³/mol. The summed E-state index contributed by atoms with van der Waals surface area (Å²) < 4.78 is 50.4. The maximum Gasteiger partial charge on any atom is 0.425 e. The molecule has 7 nitrogen and oxygen atoms in total. The molecule has 0 unspecified atom stereocenters. The van der Waals surface area contributed by atoms with Gasteiger partial charge in [0.2, 0.25) is 11.7 Å². The van der Waals surface area contributed by atoms with E-state index in [4.69, 9.17) is 15.0 Å². The molecule has 4 rings (SSSR count).